The van der Waals surface area contributed by atoms with Crippen molar-refractivity contribution in [2.75, 3.05) is 0 Å². The number of carboxylic acids is 1. The van der Waals surface area contributed by atoms with Crippen LogP contribution in [0.25, 0.3) is 6.08 Å². The van der Waals surface area contributed by atoms with E-state index >= 15 is 0 Å². The predicted molar refractivity (Wildman–Crippen MR) is 52.3 cm³/mol. The summed E-state index contributed by atoms with van der Waals surface area (Å²) in [7, 11) is 0. The second kappa shape index (κ2) is 4.56. The summed E-state index contributed by atoms with van der Waals surface area (Å²) in [6.07, 6.45) is 1.90. The van der Waals surface area contributed by atoms with Crippen molar-refractivity contribution in [2.24, 2.45) is 0 Å². The second-order valence-electron chi connectivity index (χ2n) is 2.88. The van der Waals surface area contributed by atoms with Crippen LogP contribution >= 0.6 is 0 Å². The van der Waals surface area contributed by atoms with Crippen LogP contribution in [0.2, 0.25) is 0 Å². The normalized spacial score (nSPS) is 11.4. The third kappa shape index (κ3) is 2.69. The summed E-state index contributed by atoms with van der Waals surface area (Å²) >= 11 is 0. The number of rotatable bonds is 3. The van der Waals surface area contributed by atoms with Gasteiger partial charge in [-0.05, 0) is 30.2 Å². The third-order valence-corrected chi connectivity index (χ3v) is 1.85. The van der Waals surface area contributed by atoms with E-state index in [0.717, 1.165) is 0 Å². The van der Waals surface area contributed by atoms with E-state index in [0.29, 0.717) is 12.0 Å². The first-order chi connectivity index (χ1) is 6.63. The Hall–Kier alpha value is -1.64. The van der Waals surface area contributed by atoms with Gasteiger partial charge >= 0.3 is 5.97 Å². The third-order valence-electron chi connectivity index (χ3n) is 1.85. The fourth-order valence-corrected chi connectivity index (χ4v) is 1.11. The minimum absolute atomic E-state index is 0.274. The lowest BCUT2D eigenvalue weighted by Crippen LogP contribution is -1.98. The van der Waals surface area contributed by atoms with Gasteiger partial charge in [0.25, 0.3) is 0 Å². The van der Waals surface area contributed by atoms with Crippen LogP contribution in [-0.2, 0) is 4.79 Å². The molecular formula is C11H11FO2. The SMILES string of the molecule is CCC(=Cc1cccc(F)c1)C(=O)O. The van der Waals surface area contributed by atoms with Gasteiger partial charge in [0.2, 0.25) is 0 Å². The van der Waals surface area contributed by atoms with Gasteiger partial charge in [0, 0.05) is 5.57 Å². The summed E-state index contributed by atoms with van der Waals surface area (Å²) in [5.74, 6) is -1.32. The van der Waals surface area contributed by atoms with Crippen molar-refractivity contribution in [2.45, 2.75) is 13.3 Å². The Morgan fingerprint density at radius 1 is 1.57 bits per heavy atom. The molecule has 0 saturated carbocycles. The van der Waals surface area contributed by atoms with Gasteiger partial charge < -0.3 is 5.11 Å². The van der Waals surface area contributed by atoms with E-state index in [2.05, 4.69) is 0 Å². The van der Waals surface area contributed by atoms with Crippen LogP contribution in [-0.4, -0.2) is 11.1 Å². The maximum Gasteiger partial charge on any atom is 0.331 e. The number of benzene rings is 1. The van der Waals surface area contributed by atoms with Crippen molar-refractivity contribution < 1.29 is 14.3 Å². The predicted octanol–water partition coefficient (Wildman–Crippen LogP) is 2.70. The zero-order chi connectivity index (χ0) is 10.6. The molecule has 14 heavy (non-hydrogen) atoms. The van der Waals surface area contributed by atoms with E-state index in [1.165, 1.54) is 18.2 Å². The molecule has 0 aromatic heterocycles. The van der Waals surface area contributed by atoms with Gasteiger partial charge in [-0.2, -0.15) is 0 Å². The lowest BCUT2D eigenvalue weighted by Gasteiger charge is -1.98. The van der Waals surface area contributed by atoms with Crippen LogP contribution in [0.4, 0.5) is 4.39 Å². The van der Waals surface area contributed by atoms with Gasteiger partial charge in [-0.3, -0.25) is 0 Å². The lowest BCUT2D eigenvalue weighted by atomic mass is 10.1. The van der Waals surface area contributed by atoms with Crippen LogP contribution in [0.15, 0.2) is 29.8 Å². The minimum Gasteiger partial charge on any atom is -0.478 e. The molecule has 2 nitrogen and oxygen atoms in total. The van der Waals surface area contributed by atoms with Crippen LogP contribution in [0.5, 0.6) is 0 Å². The Bertz CT molecular complexity index is 369. The molecule has 0 amide bonds. The highest BCUT2D eigenvalue weighted by Crippen LogP contribution is 2.11. The highest BCUT2D eigenvalue weighted by molar-refractivity contribution is 5.91. The quantitative estimate of drug-likeness (QED) is 0.751. The van der Waals surface area contributed by atoms with E-state index in [4.69, 9.17) is 5.11 Å². The van der Waals surface area contributed by atoms with Gasteiger partial charge in [0.1, 0.15) is 5.82 Å². The monoisotopic (exact) mass is 194 g/mol. The van der Waals surface area contributed by atoms with Crippen molar-refractivity contribution in [1.29, 1.82) is 0 Å². The molecule has 0 radical (unpaired) electrons. The molecule has 1 aromatic rings. The number of carboxylic acid groups (broad SMARTS) is 1. The molecule has 0 aliphatic heterocycles. The number of aliphatic carboxylic acids is 1. The molecule has 0 bridgehead atoms. The molecule has 0 fully saturated rings. The summed E-state index contributed by atoms with van der Waals surface area (Å²) in [6, 6.07) is 5.85. The Morgan fingerprint density at radius 2 is 2.29 bits per heavy atom. The maximum atomic E-state index is 12.7. The summed E-state index contributed by atoms with van der Waals surface area (Å²) in [6.45, 7) is 1.75. The second-order valence-corrected chi connectivity index (χ2v) is 2.88. The molecule has 0 atom stereocenters. The van der Waals surface area contributed by atoms with E-state index in [-0.39, 0.29) is 11.4 Å². The fourth-order valence-electron chi connectivity index (χ4n) is 1.11. The maximum absolute atomic E-state index is 12.7. The first-order valence-electron chi connectivity index (χ1n) is 4.33. The zero-order valence-corrected chi connectivity index (χ0v) is 7.83. The lowest BCUT2D eigenvalue weighted by molar-refractivity contribution is -0.132. The first kappa shape index (κ1) is 10.4. The van der Waals surface area contributed by atoms with Crippen LogP contribution in [0.3, 0.4) is 0 Å². The van der Waals surface area contributed by atoms with Gasteiger partial charge in [-0.25, -0.2) is 9.18 Å². The smallest absolute Gasteiger partial charge is 0.331 e. The molecular weight excluding hydrogens is 183 g/mol. The fraction of sp³-hybridized carbons (Fsp3) is 0.182. The molecule has 74 valence electrons. The number of carbonyl (C=O) groups is 1. The highest BCUT2D eigenvalue weighted by Gasteiger charge is 2.03. The van der Waals surface area contributed by atoms with Crippen molar-refractivity contribution in [1.82, 2.24) is 0 Å². The number of hydrogen-bond donors (Lipinski definition) is 1. The summed E-state index contributed by atoms with van der Waals surface area (Å²) in [5.41, 5.74) is 0.847. The van der Waals surface area contributed by atoms with Crippen molar-refractivity contribution in [3.05, 3.63) is 41.2 Å². The van der Waals surface area contributed by atoms with E-state index in [1.54, 1.807) is 19.1 Å². The van der Waals surface area contributed by atoms with E-state index in [1.807, 2.05) is 0 Å². The van der Waals surface area contributed by atoms with Crippen LogP contribution < -0.4 is 0 Å². The van der Waals surface area contributed by atoms with Crippen LogP contribution in [0.1, 0.15) is 18.9 Å². The molecule has 0 heterocycles. The molecule has 0 saturated heterocycles. The molecule has 0 aliphatic rings. The largest absolute Gasteiger partial charge is 0.478 e. The average molecular weight is 194 g/mol. The zero-order valence-electron chi connectivity index (χ0n) is 7.83. The number of hydrogen-bond acceptors (Lipinski definition) is 1. The van der Waals surface area contributed by atoms with E-state index < -0.39 is 5.97 Å². The Labute approximate surface area is 81.7 Å². The molecule has 0 spiro atoms. The molecule has 3 heteroatoms. The van der Waals surface area contributed by atoms with Crippen LogP contribution in [0, 0.1) is 5.82 Å². The van der Waals surface area contributed by atoms with Gasteiger partial charge in [-0.1, -0.05) is 19.1 Å². The standard InChI is InChI=1S/C11H11FO2/c1-2-9(11(13)14)6-8-4-3-5-10(12)7-8/h3-7H,2H2,1H3,(H,13,14). The topological polar surface area (TPSA) is 37.3 Å². The van der Waals surface area contributed by atoms with Crippen molar-refractivity contribution in [3.8, 4) is 0 Å². The Balaban J connectivity index is 3.00. The van der Waals surface area contributed by atoms with Gasteiger partial charge in [0.15, 0.2) is 0 Å². The minimum atomic E-state index is -0.961. The molecule has 0 aliphatic carbocycles. The first-order valence-corrected chi connectivity index (χ1v) is 4.33. The van der Waals surface area contributed by atoms with Crippen molar-refractivity contribution in [3.63, 3.8) is 0 Å². The Morgan fingerprint density at radius 3 is 2.79 bits per heavy atom. The van der Waals surface area contributed by atoms with Gasteiger partial charge in [0.05, 0.1) is 0 Å². The Kier molecular flexibility index (Phi) is 3.40. The number of halogens is 1. The summed E-state index contributed by atoms with van der Waals surface area (Å²) in [4.78, 5) is 10.7. The van der Waals surface area contributed by atoms with Crippen molar-refractivity contribution >= 4 is 12.0 Å². The summed E-state index contributed by atoms with van der Waals surface area (Å²) < 4.78 is 12.7. The average Bonchev–Trinajstić information content (AvgIpc) is 2.14. The van der Waals surface area contributed by atoms with E-state index in [9.17, 15) is 9.18 Å². The molecule has 1 aromatic carbocycles. The summed E-state index contributed by atoms with van der Waals surface area (Å²) in [5, 5.41) is 8.74. The molecule has 0 unspecified atom stereocenters. The molecule has 1 rings (SSSR count). The highest BCUT2D eigenvalue weighted by atomic mass is 19.1. The molecule has 1 N–H and O–H groups in total. The van der Waals surface area contributed by atoms with Gasteiger partial charge in [-0.15, -0.1) is 0 Å².